The molecule has 104 valence electrons. The van der Waals surface area contributed by atoms with Gasteiger partial charge in [-0.25, -0.2) is 0 Å². The van der Waals surface area contributed by atoms with Crippen molar-refractivity contribution in [2.24, 2.45) is 0 Å². The quantitative estimate of drug-likeness (QED) is 0.738. The molecule has 2 aromatic rings. The fourth-order valence-electron chi connectivity index (χ4n) is 2.18. The van der Waals surface area contributed by atoms with Gasteiger partial charge in [0.05, 0.1) is 7.11 Å². The van der Waals surface area contributed by atoms with Gasteiger partial charge >= 0.3 is 0 Å². The molecule has 0 N–H and O–H groups in total. The van der Waals surface area contributed by atoms with Crippen molar-refractivity contribution < 1.29 is 9.53 Å². The first kappa shape index (κ1) is 14.3. The molecule has 2 nitrogen and oxygen atoms in total. The number of carbonyl (C=O) groups excluding carboxylic acids is 1. The molecule has 0 radical (unpaired) electrons. The van der Waals surface area contributed by atoms with E-state index >= 15 is 0 Å². The van der Waals surface area contributed by atoms with Crippen LogP contribution in [-0.4, -0.2) is 12.9 Å². The molecule has 0 aliphatic heterocycles. The maximum absolute atomic E-state index is 12.2. The Morgan fingerprint density at radius 1 is 0.950 bits per heavy atom. The van der Waals surface area contributed by atoms with Crippen LogP contribution in [0.15, 0.2) is 48.5 Å². The van der Waals surface area contributed by atoms with Gasteiger partial charge in [-0.2, -0.15) is 0 Å². The molecule has 0 fully saturated rings. The molecule has 0 aliphatic rings. The Morgan fingerprint density at radius 2 is 1.55 bits per heavy atom. The Morgan fingerprint density at radius 3 is 2.10 bits per heavy atom. The normalized spacial score (nSPS) is 10.3. The van der Waals surface area contributed by atoms with E-state index in [2.05, 4.69) is 6.92 Å². The summed E-state index contributed by atoms with van der Waals surface area (Å²) in [5.74, 6) is 0.961. The van der Waals surface area contributed by atoms with Crippen molar-refractivity contribution >= 4 is 5.78 Å². The van der Waals surface area contributed by atoms with Crippen molar-refractivity contribution in [1.82, 2.24) is 0 Å². The van der Waals surface area contributed by atoms with Crippen molar-refractivity contribution in [3.8, 4) is 5.75 Å². The van der Waals surface area contributed by atoms with Gasteiger partial charge in [-0.05, 0) is 29.7 Å². The first-order valence-corrected chi connectivity index (χ1v) is 6.98. The molecule has 0 aliphatic carbocycles. The minimum Gasteiger partial charge on any atom is -0.497 e. The maximum atomic E-state index is 12.2. The Hall–Kier alpha value is -2.09. The van der Waals surface area contributed by atoms with Crippen LogP contribution in [0.1, 0.15) is 34.8 Å². The topological polar surface area (TPSA) is 26.3 Å². The number of ketones is 1. The van der Waals surface area contributed by atoms with E-state index in [0.29, 0.717) is 6.42 Å². The average molecular weight is 268 g/mol. The molecule has 0 unspecified atom stereocenters. The van der Waals surface area contributed by atoms with Crippen molar-refractivity contribution in [1.29, 1.82) is 0 Å². The summed E-state index contributed by atoms with van der Waals surface area (Å²) < 4.78 is 5.11. The highest BCUT2D eigenvalue weighted by molar-refractivity contribution is 5.97. The van der Waals surface area contributed by atoms with Crippen LogP contribution in [0, 0.1) is 0 Å². The second kappa shape index (κ2) is 6.90. The van der Waals surface area contributed by atoms with Gasteiger partial charge in [0.15, 0.2) is 5.78 Å². The van der Waals surface area contributed by atoms with Crippen LogP contribution in [0.4, 0.5) is 0 Å². The lowest BCUT2D eigenvalue weighted by atomic mass is 10.0. The second-order valence-electron chi connectivity index (χ2n) is 4.89. The van der Waals surface area contributed by atoms with Crippen molar-refractivity contribution in [2.75, 3.05) is 7.11 Å². The third kappa shape index (κ3) is 3.70. The fourth-order valence-corrected chi connectivity index (χ4v) is 2.18. The lowest BCUT2D eigenvalue weighted by molar-refractivity contribution is 0.0993. The Bertz CT molecular complexity index is 553. The molecule has 2 heteroatoms. The Kier molecular flexibility index (Phi) is 4.94. The van der Waals surface area contributed by atoms with E-state index in [1.807, 2.05) is 48.5 Å². The first-order valence-electron chi connectivity index (χ1n) is 6.98. The van der Waals surface area contributed by atoms with E-state index < -0.39 is 0 Å². The average Bonchev–Trinajstić information content (AvgIpc) is 2.49. The highest BCUT2D eigenvalue weighted by atomic mass is 16.5. The number of hydrogen-bond acceptors (Lipinski definition) is 2. The lowest BCUT2D eigenvalue weighted by Crippen LogP contribution is -2.03. The Balaban J connectivity index is 2.03. The van der Waals surface area contributed by atoms with Crippen molar-refractivity contribution in [2.45, 2.75) is 26.2 Å². The number of aryl methyl sites for hydroxylation is 1. The van der Waals surface area contributed by atoms with Crippen LogP contribution in [0.5, 0.6) is 5.75 Å². The first-order chi connectivity index (χ1) is 9.72. The van der Waals surface area contributed by atoms with Crippen LogP contribution in [0.2, 0.25) is 0 Å². The number of methoxy groups -OCH3 is 1. The summed E-state index contributed by atoms with van der Waals surface area (Å²) >= 11 is 0. The van der Waals surface area contributed by atoms with Crippen LogP contribution in [0.3, 0.4) is 0 Å². The monoisotopic (exact) mass is 268 g/mol. The van der Waals surface area contributed by atoms with E-state index in [1.165, 1.54) is 5.56 Å². The summed E-state index contributed by atoms with van der Waals surface area (Å²) in [4.78, 5) is 12.2. The highest BCUT2D eigenvalue weighted by Crippen LogP contribution is 2.14. The van der Waals surface area contributed by atoms with E-state index in [9.17, 15) is 4.79 Å². The molecule has 2 aromatic carbocycles. The number of hydrogen-bond donors (Lipinski definition) is 0. The molecule has 0 aromatic heterocycles. The molecular weight excluding hydrogens is 248 g/mol. The summed E-state index contributed by atoms with van der Waals surface area (Å²) in [5.41, 5.74) is 3.07. The maximum Gasteiger partial charge on any atom is 0.167 e. The number of ether oxygens (including phenoxy) is 1. The number of carbonyl (C=O) groups is 1. The zero-order chi connectivity index (χ0) is 14.4. The number of rotatable bonds is 6. The summed E-state index contributed by atoms with van der Waals surface area (Å²) in [6, 6.07) is 15.6. The molecular formula is C18H20O2. The molecule has 0 heterocycles. The Labute approximate surface area is 120 Å². The second-order valence-corrected chi connectivity index (χ2v) is 4.89. The highest BCUT2D eigenvalue weighted by Gasteiger charge is 2.07. The standard InChI is InChI=1S/C18H20O2/c1-3-4-14-5-9-16(10-6-14)18(19)13-15-7-11-17(20-2)12-8-15/h5-12H,3-4,13H2,1-2H3. The number of benzene rings is 2. The molecule has 0 saturated carbocycles. The summed E-state index contributed by atoms with van der Waals surface area (Å²) in [6.07, 6.45) is 2.61. The van der Waals surface area contributed by atoms with E-state index in [1.54, 1.807) is 7.11 Å². The van der Waals surface area contributed by atoms with E-state index in [0.717, 1.165) is 29.7 Å². The van der Waals surface area contributed by atoms with Gasteiger partial charge in [0, 0.05) is 12.0 Å². The molecule has 0 amide bonds. The van der Waals surface area contributed by atoms with Gasteiger partial charge in [-0.15, -0.1) is 0 Å². The third-order valence-corrected chi connectivity index (χ3v) is 3.34. The predicted molar refractivity (Wildman–Crippen MR) is 81.5 cm³/mol. The van der Waals surface area contributed by atoms with E-state index in [4.69, 9.17) is 4.74 Å². The zero-order valence-corrected chi connectivity index (χ0v) is 12.1. The zero-order valence-electron chi connectivity index (χ0n) is 12.1. The van der Waals surface area contributed by atoms with Crippen LogP contribution < -0.4 is 4.74 Å². The lowest BCUT2D eigenvalue weighted by Gasteiger charge is -2.05. The predicted octanol–water partition coefficient (Wildman–Crippen LogP) is 4.07. The summed E-state index contributed by atoms with van der Waals surface area (Å²) in [6.45, 7) is 2.16. The van der Waals surface area contributed by atoms with Gasteiger partial charge < -0.3 is 4.74 Å². The summed E-state index contributed by atoms with van der Waals surface area (Å²) in [5, 5.41) is 0. The smallest absolute Gasteiger partial charge is 0.167 e. The van der Waals surface area contributed by atoms with Crippen molar-refractivity contribution in [3.63, 3.8) is 0 Å². The molecule has 0 atom stereocenters. The molecule has 0 saturated heterocycles. The van der Waals surface area contributed by atoms with Crippen LogP contribution in [-0.2, 0) is 12.8 Å². The molecule has 20 heavy (non-hydrogen) atoms. The molecule has 0 bridgehead atoms. The van der Waals surface area contributed by atoms with Crippen LogP contribution in [0.25, 0.3) is 0 Å². The largest absolute Gasteiger partial charge is 0.497 e. The van der Waals surface area contributed by atoms with Gasteiger partial charge in [0.1, 0.15) is 5.75 Å². The van der Waals surface area contributed by atoms with Gasteiger partial charge in [0.2, 0.25) is 0 Å². The van der Waals surface area contributed by atoms with Gasteiger partial charge in [0.25, 0.3) is 0 Å². The fraction of sp³-hybridized carbons (Fsp3) is 0.278. The molecule has 2 rings (SSSR count). The molecule has 0 spiro atoms. The SMILES string of the molecule is CCCc1ccc(C(=O)Cc2ccc(OC)cc2)cc1. The van der Waals surface area contributed by atoms with Crippen LogP contribution >= 0.6 is 0 Å². The van der Waals surface area contributed by atoms with Gasteiger partial charge in [-0.1, -0.05) is 49.7 Å². The summed E-state index contributed by atoms with van der Waals surface area (Å²) in [7, 11) is 1.64. The minimum atomic E-state index is 0.151. The van der Waals surface area contributed by atoms with Gasteiger partial charge in [-0.3, -0.25) is 4.79 Å². The third-order valence-electron chi connectivity index (χ3n) is 3.34. The van der Waals surface area contributed by atoms with E-state index in [-0.39, 0.29) is 5.78 Å². The van der Waals surface area contributed by atoms with Crippen molar-refractivity contribution in [3.05, 3.63) is 65.2 Å². The number of Topliss-reactive ketones (excluding diaryl/α,β-unsaturated/α-hetero) is 1. The minimum absolute atomic E-state index is 0.151.